The van der Waals surface area contributed by atoms with E-state index in [0.717, 1.165) is 96.3 Å². The Balaban J connectivity index is 4.51. The zero-order valence-corrected chi connectivity index (χ0v) is 42.9. The molecule has 0 heterocycles. The van der Waals surface area contributed by atoms with E-state index in [1.165, 1.54) is 103 Å². The molecule has 0 rings (SSSR count). The lowest BCUT2D eigenvalue weighted by atomic mass is 10.1. The molecule has 6 nitrogen and oxygen atoms in total. The highest BCUT2D eigenvalue weighted by Gasteiger charge is 2.19. The summed E-state index contributed by atoms with van der Waals surface area (Å²) in [5.74, 6) is -0.991. The first-order valence-electron chi connectivity index (χ1n) is 27.2. The Morgan fingerprint density at radius 2 is 0.606 bits per heavy atom. The highest BCUT2D eigenvalue weighted by Crippen LogP contribution is 2.14. The molecule has 1 atom stereocenters. The molecule has 0 radical (unpaired) electrons. The number of hydrogen-bond donors (Lipinski definition) is 0. The van der Waals surface area contributed by atoms with Gasteiger partial charge in [0.05, 0.1) is 0 Å². The summed E-state index contributed by atoms with van der Waals surface area (Å²) in [4.78, 5) is 38.0. The van der Waals surface area contributed by atoms with Crippen molar-refractivity contribution >= 4 is 17.9 Å². The number of carbonyl (C=O) groups is 3. The molecule has 0 aromatic heterocycles. The van der Waals surface area contributed by atoms with Gasteiger partial charge in [-0.3, -0.25) is 14.4 Å². The molecule has 0 aliphatic heterocycles. The van der Waals surface area contributed by atoms with E-state index in [1.807, 2.05) is 0 Å². The van der Waals surface area contributed by atoms with Crippen LogP contribution in [0.1, 0.15) is 245 Å². The van der Waals surface area contributed by atoms with Gasteiger partial charge < -0.3 is 14.2 Å². The first-order valence-corrected chi connectivity index (χ1v) is 27.2. The van der Waals surface area contributed by atoms with Gasteiger partial charge in [-0.25, -0.2) is 0 Å². The average Bonchev–Trinajstić information content (AvgIpc) is 3.31. The molecular formula is C60H100O6. The maximum Gasteiger partial charge on any atom is 0.306 e. The summed E-state index contributed by atoms with van der Waals surface area (Å²) in [6.07, 6.45) is 71.1. The standard InChI is InChI=1S/C60H100O6/c1-4-7-10-13-16-19-22-25-28-30-32-35-38-41-44-47-50-53-59(62)65-56-57(55-64-58(61)52-49-46-43-40-37-34-27-24-21-18-15-12-9-6-3)66-60(63)54-51-48-45-42-39-36-33-31-29-26-23-20-17-14-11-8-5-2/h9,12,16,18-19,21,25-29,32,34-35,41,44,57H,4-8,10-11,13-15,17,20,22-24,30-31,33,36-40,42-43,45-56H2,1-3H3/b12-9-,19-16-,21-18-,28-25-,29-26-,34-27-,35-32-,44-41-. The average molecular weight is 917 g/mol. The quantitative estimate of drug-likeness (QED) is 0.0262. The lowest BCUT2D eigenvalue weighted by Gasteiger charge is -2.18. The summed E-state index contributed by atoms with van der Waals surface area (Å²) in [7, 11) is 0. The first-order chi connectivity index (χ1) is 32.5. The highest BCUT2D eigenvalue weighted by atomic mass is 16.6. The summed E-state index contributed by atoms with van der Waals surface area (Å²) in [6, 6.07) is 0. The number of rotatable bonds is 48. The lowest BCUT2D eigenvalue weighted by molar-refractivity contribution is -0.167. The summed E-state index contributed by atoms with van der Waals surface area (Å²) in [5, 5.41) is 0. The zero-order valence-electron chi connectivity index (χ0n) is 42.9. The topological polar surface area (TPSA) is 78.9 Å². The van der Waals surface area contributed by atoms with E-state index >= 15 is 0 Å². The summed E-state index contributed by atoms with van der Waals surface area (Å²) >= 11 is 0. The van der Waals surface area contributed by atoms with Crippen molar-refractivity contribution in [2.45, 2.75) is 252 Å². The first kappa shape index (κ1) is 62.3. The van der Waals surface area contributed by atoms with Crippen LogP contribution < -0.4 is 0 Å². The molecule has 1 unspecified atom stereocenters. The van der Waals surface area contributed by atoms with Crippen molar-refractivity contribution < 1.29 is 28.6 Å². The van der Waals surface area contributed by atoms with Crippen LogP contribution in [0.15, 0.2) is 97.2 Å². The van der Waals surface area contributed by atoms with Crippen molar-refractivity contribution in [3.8, 4) is 0 Å². The Hall–Kier alpha value is -3.67. The molecule has 0 N–H and O–H groups in total. The monoisotopic (exact) mass is 917 g/mol. The van der Waals surface area contributed by atoms with Gasteiger partial charge in [-0.05, 0) is 116 Å². The van der Waals surface area contributed by atoms with Gasteiger partial charge in [0, 0.05) is 19.3 Å². The van der Waals surface area contributed by atoms with Crippen molar-refractivity contribution in [3.63, 3.8) is 0 Å². The third kappa shape index (κ3) is 51.3. The van der Waals surface area contributed by atoms with Crippen LogP contribution in [0.2, 0.25) is 0 Å². The lowest BCUT2D eigenvalue weighted by Crippen LogP contribution is -2.30. The second kappa shape index (κ2) is 53.9. The van der Waals surface area contributed by atoms with Crippen molar-refractivity contribution in [1.82, 2.24) is 0 Å². The smallest absolute Gasteiger partial charge is 0.306 e. The van der Waals surface area contributed by atoms with Gasteiger partial charge in [-0.2, -0.15) is 0 Å². The molecule has 0 fully saturated rings. The van der Waals surface area contributed by atoms with Gasteiger partial charge in [0.2, 0.25) is 0 Å². The molecule has 0 saturated carbocycles. The Morgan fingerprint density at radius 1 is 0.318 bits per heavy atom. The third-order valence-corrected chi connectivity index (χ3v) is 11.3. The molecule has 66 heavy (non-hydrogen) atoms. The van der Waals surface area contributed by atoms with Crippen LogP contribution in [0, 0.1) is 0 Å². The van der Waals surface area contributed by atoms with Crippen molar-refractivity contribution in [3.05, 3.63) is 97.2 Å². The van der Waals surface area contributed by atoms with E-state index < -0.39 is 6.10 Å². The van der Waals surface area contributed by atoms with E-state index in [9.17, 15) is 14.4 Å². The van der Waals surface area contributed by atoms with E-state index in [-0.39, 0.29) is 37.5 Å². The van der Waals surface area contributed by atoms with Gasteiger partial charge in [0.25, 0.3) is 0 Å². The van der Waals surface area contributed by atoms with Crippen LogP contribution in [0.5, 0.6) is 0 Å². The molecule has 376 valence electrons. The number of unbranched alkanes of at least 4 members (excludes halogenated alkanes) is 21. The number of esters is 3. The van der Waals surface area contributed by atoms with E-state index in [4.69, 9.17) is 14.2 Å². The largest absolute Gasteiger partial charge is 0.462 e. The molecule has 0 amide bonds. The van der Waals surface area contributed by atoms with Gasteiger partial charge in [0.15, 0.2) is 6.10 Å². The Morgan fingerprint density at radius 3 is 1.03 bits per heavy atom. The molecular weight excluding hydrogens is 817 g/mol. The van der Waals surface area contributed by atoms with Crippen LogP contribution in [0.25, 0.3) is 0 Å². The van der Waals surface area contributed by atoms with Crippen LogP contribution in [-0.4, -0.2) is 37.2 Å². The second-order valence-corrected chi connectivity index (χ2v) is 17.7. The number of allylic oxidation sites excluding steroid dienone is 16. The van der Waals surface area contributed by atoms with Crippen molar-refractivity contribution in [2.24, 2.45) is 0 Å². The molecule has 0 spiro atoms. The van der Waals surface area contributed by atoms with E-state index in [0.29, 0.717) is 19.3 Å². The normalized spacial score (nSPS) is 12.8. The Kier molecular flexibility index (Phi) is 50.9. The second-order valence-electron chi connectivity index (χ2n) is 17.7. The minimum absolute atomic E-state index is 0.109. The summed E-state index contributed by atoms with van der Waals surface area (Å²) in [6.45, 7) is 6.42. The third-order valence-electron chi connectivity index (χ3n) is 11.3. The number of hydrogen-bond acceptors (Lipinski definition) is 6. The molecule has 0 aromatic carbocycles. The van der Waals surface area contributed by atoms with Crippen LogP contribution in [0.4, 0.5) is 0 Å². The van der Waals surface area contributed by atoms with Gasteiger partial charge >= 0.3 is 17.9 Å². The fraction of sp³-hybridized carbons (Fsp3) is 0.683. The molecule has 0 bridgehead atoms. The summed E-state index contributed by atoms with van der Waals surface area (Å²) < 4.78 is 16.8. The van der Waals surface area contributed by atoms with Crippen LogP contribution >= 0.6 is 0 Å². The summed E-state index contributed by atoms with van der Waals surface area (Å²) in [5.41, 5.74) is 0. The fourth-order valence-corrected chi connectivity index (χ4v) is 7.21. The van der Waals surface area contributed by atoms with Gasteiger partial charge in [-0.1, -0.05) is 208 Å². The minimum atomic E-state index is -0.812. The molecule has 0 saturated heterocycles. The Labute approximate surface area is 407 Å². The predicted octanol–water partition coefficient (Wildman–Crippen LogP) is 18.1. The van der Waals surface area contributed by atoms with Crippen LogP contribution in [0.3, 0.4) is 0 Å². The molecule has 6 heteroatoms. The maximum absolute atomic E-state index is 12.8. The molecule has 0 aliphatic rings. The predicted molar refractivity (Wildman–Crippen MR) is 284 cm³/mol. The number of ether oxygens (including phenoxy) is 3. The number of carbonyl (C=O) groups excluding carboxylic acids is 3. The van der Waals surface area contributed by atoms with E-state index in [2.05, 4.69) is 118 Å². The van der Waals surface area contributed by atoms with Crippen LogP contribution in [-0.2, 0) is 28.6 Å². The molecule has 0 aliphatic carbocycles. The maximum atomic E-state index is 12.8. The fourth-order valence-electron chi connectivity index (χ4n) is 7.21. The Bertz CT molecular complexity index is 1330. The van der Waals surface area contributed by atoms with E-state index in [1.54, 1.807) is 0 Å². The highest BCUT2D eigenvalue weighted by molar-refractivity contribution is 5.71. The van der Waals surface area contributed by atoms with Crippen molar-refractivity contribution in [1.29, 1.82) is 0 Å². The zero-order chi connectivity index (χ0) is 47.9. The van der Waals surface area contributed by atoms with Gasteiger partial charge in [0.1, 0.15) is 13.2 Å². The van der Waals surface area contributed by atoms with Crippen molar-refractivity contribution in [2.75, 3.05) is 13.2 Å². The molecule has 0 aromatic rings. The van der Waals surface area contributed by atoms with Gasteiger partial charge in [-0.15, -0.1) is 0 Å². The minimum Gasteiger partial charge on any atom is -0.462 e. The SMILES string of the molecule is CC/C=C\C/C=C\C/C=C\CCCCCCC(=O)OCC(COC(=O)CCC/C=C\C/C=C\C/C=C\C/C=C\CCCCC)OC(=O)CCCCCCCCC/C=C\CCCCCCCC.